The Morgan fingerprint density at radius 2 is 2.05 bits per heavy atom. The van der Waals surface area contributed by atoms with Crippen LogP contribution in [0.15, 0.2) is 29.8 Å². The zero-order valence-electron chi connectivity index (χ0n) is 12.7. The minimum Gasteiger partial charge on any atom is -0.340 e. The number of hydrogen-bond donors (Lipinski definition) is 0. The van der Waals surface area contributed by atoms with Gasteiger partial charge in [-0.25, -0.2) is 4.98 Å². The van der Waals surface area contributed by atoms with Gasteiger partial charge in [0, 0.05) is 50.0 Å². The molecule has 0 atom stereocenters. The van der Waals surface area contributed by atoms with E-state index in [0.29, 0.717) is 6.42 Å². The fraction of sp³-hybridized carbons (Fsp3) is 0.438. The summed E-state index contributed by atoms with van der Waals surface area (Å²) in [6, 6.07) is 5.69. The van der Waals surface area contributed by atoms with Gasteiger partial charge in [-0.1, -0.05) is 6.07 Å². The normalized spacial score (nSPS) is 16.0. The van der Waals surface area contributed by atoms with Crippen LogP contribution in [0.4, 0.5) is 0 Å². The molecule has 22 heavy (non-hydrogen) atoms. The molecular formula is C16H20N4OS. The van der Waals surface area contributed by atoms with Crippen LogP contribution in [0.1, 0.15) is 16.4 Å². The molecule has 1 aliphatic heterocycles. The number of aryl methyl sites for hydroxylation is 1. The second-order valence-electron chi connectivity index (χ2n) is 5.51. The number of pyridine rings is 1. The highest BCUT2D eigenvalue weighted by atomic mass is 32.1. The molecule has 0 aromatic carbocycles. The molecule has 5 nitrogen and oxygen atoms in total. The smallest absolute Gasteiger partial charge is 0.228 e. The quantitative estimate of drug-likeness (QED) is 0.862. The van der Waals surface area contributed by atoms with E-state index in [-0.39, 0.29) is 5.91 Å². The van der Waals surface area contributed by atoms with E-state index in [1.165, 1.54) is 0 Å². The van der Waals surface area contributed by atoms with Gasteiger partial charge >= 0.3 is 0 Å². The molecule has 1 aliphatic rings. The van der Waals surface area contributed by atoms with Gasteiger partial charge in [-0.05, 0) is 19.1 Å². The van der Waals surface area contributed by atoms with Crippen molar-refractivity contribution < 1.29 is 4.79 Å². The van der Waals surface area contributed by atoms with Crippen molar-refractivity contribution in [2.45, 2.75) is 19.9 Å². The van der Waals surface area contributed by atoms with E-state index in [0.717, 1.165) is 49.1 Å². The van der Waals surface area contributed by atoms with E-state index >= 15 is 0 Å². The van der Waals surface area contributed by atoms with Gasteiger partial charge in [-0.2, -0.15) is 0 Å². The predicted molar refractivity (Wildman–Crippen MR) is 86.6 cm³/mol. The van der Waals surface area contributed by atoms with Crippen LogP contribution in [0.2, 0.25) is 0 Å². The maximum Gasteiger partial charge on any atom is 0.228 e. The topological polar surface area (TPSA) is 49.3 Å². The molecule has 0 spiro atoms. The Morgan fingerprint density at radius 1 is 1.23 bits per heavy atom. The van der Waals surface area contributed by atoms with Crippen molar-refractivity contribution in [3.63, 3.8) is 0 Å². The lowest BCUT2D eigenvalue weighted by Gasteiger charge is -2.34. The molecule has 0 radical (unpaired) electrons. The summed E-state index contributed by atoms with van der Waals surface area (Å²) in [4.78, 5) is 25.3. The van der Waals surface area contributed by atoms with E-state index in [4.69, 9.17) is 0 Å². The number of aromatic nitrogens is 2. The summed E-state index contributed by atoms with van der Waals surface area (Å²) < 4.78 is 0. The molecule has 2 aromatic heterocycles. The maximum atomic E-state index is 12.3. The molecule has 0 bridgehead atoms. The number of nitrogens with zero attached hydrogens (tertiary/aromatic N) is 4. The number of carbonyl (C=O) groups is 1. The van der Waals surface area contributed by atoms with Gasteiger partial charge in [-0.3, -0.25) is 14.7 Å². The third-order valence-electron chi connectivity index (χ3n) is 3.84. The molecule has 3 rings (SSSR count). The van der Waals surface area contributed by atoms with Gasteiger partial charge in [0.2, 0.25) is 5.91 Å². The zero-order valence-corrected chi connectivity index (χ0v) is 13.6. The fourth-order valence-corrected chi connectivity index (χ4v) is 3.24. The first-order valence-corrected chi connectivity index (χ1v) is 8.40. The summed E-state index contributed by atoms with van der Waals surface area (Å²) in [6.07, 6.45) is 2.13. The number of piperazine rings is 1. The van der Waals surface area contributed by atoms with Crippen LogP contribution in [0, 0.1) is 6.92 Å². The summed E-state index contributed by atoms with van der Waals surface area (Å²) in [6.45, 7) is 6.30. The van der Waals surface area contributed by atoms with Gasteiger partial charge in [0.15, 0.2) is 0 Å². The van der Waals surface area contributed by atoms with E-state index < -0.39 is 0 Å². The third kappa shape index (κ3) is 3.90. The average molecular weight is 316 g/mol. The highest BCUT2D eigenvalue weighted by molar-refractivity contribution is 7.09. The monoisotopic (exact) mass is 316 g/mol. The largest absolute Gasteiger partial charge is 0.340 e. The highest BCUT2D eigenvalue weighted by Gasteiger charge is 2.21. The second kappa shape index (κ2) is 6.98. The minimum absolute atomic E-state index is 0.169. The highest BCUT2D eigenvalue weighted by Crippen LogP contribution is 2.12. The first-order chi connectivity index (χ1) is 10.7. The number of carbonyl (C=O) groups excluding carboxylic acids is 1. The van der Waals surface area contributed by atoms with Crippen LogP contribution in [-0.2, 0) is 17.8 Å². The molecule has 0 unspecified atom stereocenters. The van der Waals surface area contributed by atoms with Crippen molar-refractivity contribution in [3.8, 4) is 0 Å². The fourth-order valence-electron chi connectivity index (χ4n) is 2.63. The molecule has 3 heterocycles. The average Bonchev–Trinajstić information content (AvgIpc) is 2.94. The Labute approximate surface area is 134 Å². The van der Waals surface area contributed by atoms with E-state index in [1.807, 2.05) is 30.0 Å². The van der Waals surface area contributed by atoms with Crippen LogP contribution >= 0.6 is 11.3 Å². The summed E-state index contributed by atoms with van der Waals surface area (Å²) in [5.41, 5.74) is 1.98. The van der Waals surface area contributed by atoms with Crippen LogP contribution in [0.3, 0.4) is 0 Å². The number of hydrogen-bond acceptors (Lipinski definition) is 5. The van der Waals surface area contributed by atoms with Crippen molar-refractivity contribution >= 4 is 17.2 Å². The molecule has 1 amide bonds. The molecule has 0 saturated carbocycles. The Hall–Kier alpha value is -1.79. The zero-order chi connectivity index (χ0) is 15.4. The van der Waals surface area contributed by atoms with Gasteiger partial charge in [0.25, 0.3) is 0 Å². The summed E-state index contributed by atoms with van der Waals surface area (Å²) in [5, 5.41) is 3.23. The van der Waals surface area contributed by atoms with E-state index in [2.05, 4.69) is 20.2 Å². The van der Waals surface area contributed by atoms with Gasteiger partial charge in [0.1, 0.15) is 0 Å². The van der Waals surface area contributed by atoms with Crippen molar-refractivity contribution in [2.75, 3.05) is 26.2 Å². The molecule has 6 heteroatoms. The molecule has 0 aliphatic carbocycles. The Kier molecular flexibility index (Phi) is 4.80. The summed E-state index contributed by atoms with van der Waals surface area (Å²) in [5.74, 6) is 0.169. The molecule has 1 saturated heterocycles. The number of rotatable bonds is 4. The van der Waals surface area contributed by atoms with Crippen molar-refractivity contribution in [2.24, 2.45) is 0 Å². The minimum atomic E-state index is 0.169. The van der Waals surface area contributed by atoms with Gasteiger partial charge in [0.05, 0.1) is 17.1 Å². The third-order valence-corrected chi connectivity index (χ3v) is 4.66. The molecular weight excluding hydrogens is 296 g/mol. The predicted octanol–water partition coefficient (Wildman–Crippen LogP) is 1.73. The van der Waals surface area contributed by atoms with Crippen LogP contribution < -0.4 is 0 Å². The van der Waals surface area contributed by atoms with Crippen molar-refractivity contribution in [1.82, 2.24) is 19.8 Å². The lowest BCUT2D eigenvalue weighted by molar-refractivity contribution is -0.132. The van der Waals surface area contributed by atoms with Crippen molar-refractivity contribution in [3.05, 3.63) is 46.2 Å². The lowest BCUT2D eigenvalue weighted by atomic mass is 10.2. The Bertz CT molecular complexity index is 620. The Balaban J connectivity index is 1.48. The second-order valence-corrected chi connectivity index (χ2v) is 6.57. The van der Waals surface area contributed by atoms with Crippen LogP contribution in [0.5, 0.6) is 0 Å². The van der Waals surface area contributed by atoms with Gasteiger partial charge < -0.3 is 4.90 Å². The lowest BCUT2D eigenvalue weighted by Crippen LogP contribution is -2.48. The van der Waals surface area contributed by atoms with Crippen molar-refractivity contribution in [1.29, 1.82) is 0 Å². The van der Waals surface area contributed by atoms with Crippen LogP contribution in [0.25, 0.3) is 0 Å². The first-order valence-electron chi connectivity index (χ1n) is 7.52. The number of thiazole rings is 1. The SMILES string of the molecule is Cc1nc(CN2CCN(C(=O)Cc3ccccn3)CC2)cs1. The standard InChI is InChI=1S/C16H20N4OS/c1-13-18-15(12-22-13)11-19-6-8-20(9-7-19)16(21)10-14-4-2-3-5-17-14/h2-5,12H,6-11H2,1H3. The molecule has 1 fully saturated rings. The molecule has 2 aromatic rings. The Morgan fingerprint density at radius 3 is 2.68 bits per heavy atom. The summed E-state index contributed by atoms with van der Waals surface area (Å²) >= 11 is 1.69. The maximum absolute atomic E-state index is 12.3. The van der Waals surface area contributed by atoms with E-state index in [1.54, 1.807) is 17.5 Å². The first kappa shape index (κ1) is 15.1. The molecule has 116 valence electrons. The summed E-state index contributed by atoms with van der Waals surface area (Å²) in [7, 11) is 0. The molecule has 0 N–H and O–H groups in total. The van der Waals surface area contributed by atoms with Gasteiger partial charge in [-0.15, -0.1) is 11.3 Å². The van der Waals surface area contributed by atoms with E-state index in [9.17, 15) is 4.79 Å². The van der Waals surface area contributed by atoms with Crippen LogP contribution in [-0.4, -0.2) is 51.9 Å². The number of amides is 1.